The molecule has 0 heterocycles. The monoisotopic (exact) mass is 1130 g/mol. The molecule has 0 aromatic heterocycles. The summed E-state index contributed by atoms with van der Waals surface area (Å²) in [6.07, 6.45) is 2.00. The van der Waals surface area contributed by atoms with Gasteiger partial charge in [-0.1, -0.05) is 83.7 Å². The molecule has 372 valence electrons. The van der Waals surface area contributed by atoms with E-state index in [9.17, 15) is 42.8 Å². The molecular formula is C46H38O16S9. The van der Waals surface area contributed by atoms with E-state index in [1.165, 1.54) is 60.3 Å². The normalized spacial score (nSPS) is 12.5. The van der Waals surface area contributed by atoms with Crippen LogP contribution in [0.25, 0.3) is 0 Å². The molecule has 0 saturated carbocycles. The van der Waals surface area contributed by atoms with Crippen molar-refractivity contribution in [3.05, 3.63) is 186 Å². The van der Waals surface area contributed by atoms with Crippen molar-refractivity contribution in [3.63, 3.8) is 0 Å². The summed E-state index contributed by atoms with van der Waals surface area (Å²) in [4.78, 5) is 1.93. The van der Waals surface area contributed by atoms with E-state index in [0.717, 1.165) is 66.9 Å². The molecule has 0 aliphatic heterocycles. The molecule has 7 aromatic carbocycles. The minimum absolute atomic E-state index is 0.00145. The van der Waals surface area contributed by atoms with E-state index in [1.807, 2.05) is 61.7 Å². The van der Waals surface area contributed by atoms with E-state index in [4.69, 9.17) is 25.3 Å². The summed E-state index contributed by atoms with van der Waals surface area (Å²) in [5.74, 6) is 0. The van der Waals surface area contributed by atoms with Gasteiger partial charge >= 0.3 is 21.2 Å². The first-order valence-corrected chi connectivity index (χ1v) is 30.5. The smallest absolute Gasteiger partial charge is 0.282 e. The Morgan fingerprint density at radius 2 is 0.775 bits per heavy atom. The molecule has 0 fully saturated rings. The number of thioether (sulfide) groups is 1. The Morgan fingerprint density at radius 3 is 1.18 bits per heavy atom. The van der Waals surface area contributed by atoms with Crippen LogP contribution in [0.2, 0.25) is 0 Å². The Morgan fingerprint density at radius 1 is 0.423 bits per heavy atom. The number of rotatable bonds is 14. The van der Waals surface area contributed by atoms with Crippen molar-refractivity contribution in [1.29, 1.82) is 0 Å². The van der Waals surface area contributed by atoms with E-state index in [1.54, 1.807) is 36.0 Å². The molecule has 7 aromatic rings. The predicted octanol–water partition coefficient (Wildman–Crippen LogP) is 8.52. The van der Waals surface area contributed by atoms with Crippen LogP contribution in [-0.4, -0.2) is 74.3 Å². The van der Waals surface area contributed by atoms with Gasteiger partial charge in [0.2, 0.25) is 19.7 Å². The number of benzene rings is 7. The average molecular weight is 1140 g/mol. The molecule has 0 saturated heterocycles. The SMILES string of the molecule is CSc1ccc(C(C)(c2ccc(Sc3ccc(S(=O)(=O)c4cccc(S(=O)(=O)O)c4)cc3)cc2)c2ccc(Sc3ccc(S(=O)(=O)c4ccc(C)cc4)cc3S(=O)(=O)O)cc2)cc1.O=S(=O)=O.O=S(=O)=O. The summed E-state index contributed by atoms with van der Waals surface area (Å²) in [5.41, 5.74) is 3.10. The van der Waals surface area contributed by atoms with Crippen LogP contribution in [0.3, 0.4) is 0 Å². The molecule has 71 heavy (non-hydrogen) atoms. The number of hydrogen-bond acceptors (Lipinski definition) is 17. The summed E-state index contributed by atoms with van der Waals surface area (Å²) in [6.45, 7) is 3.93. The number of hydrogen-bond donors (Lipinski definition) is 2. The minimum Gasteiger partial charge on any atom is -0.282 e. The van der Waals surface area contributed by atoms with Crippen LogP contribution in [0, 0.1) is 6.92 Å². The molecule has 2 N–H and O–H groups in total. The zero-order valence-corrected chi connectivity index (χ0v) is 44.2. The molecule has 1 unspecified atom stereocenters. The molecule has 1 atom stereocenters. The molecule has 0 amide bonds. The van der Waals surface area contributed by atoms with Crippen molar-refractivity contribution >= 4 is 96.4 Å². The molecule has 0 aliphatic carbocycles. The number of aryl methyl sites for hydroxylation is 1. The first-order valence-electron chi connectivity index (χ1n) is 19.8. The largest absolute Gasteiger partial charge is 0.425 e. The fraction of sp³-hybridized carbons (Fsp3) is 0.0870. The second kappa shape index (κ2) is 23.4. The summed E-state index contributed by atoms with van der Waals surface area (Å²) in [7, 11) is -23.8. The fourth-order valence-electron chi connectivity index (χ4n) is 6.82. The highest BCUT2D eigenvalue weighted by Crippen LogP contribution is 2.43. The Kier molecular flexibility index (Phi) is 18.6. The minimum atomic E-state index is -4.82. The van der Waals surface area contributed by atoms with Crippen LogP contribution in [-0.2, 0) is 66.5 Å². The standard InChI is InChI=1S/C46H38O10S7.2O3S/c1-31-7-23-39(24-8-31)61(49,50)42-27-28-44(45(30-42)63(54,55)56)59-38-19-13-34(14-20-38)46(2,32-9-15-35(57-3)16-10-32)33-11-17-36(18-12-33)58-37-21-25-40(26-22-37)60(47,48)41-5-4-6-43(29-41)62(51,52)53;2*1-4(2)3/h4-30H,1-3H3,(H,51,52,53)(H,54,55,56);;. The summed E-state index contributed by atoms with van der Waals surface area (Å²) in [6, 6.07) is 44.5. The highest BCUT2D eigenvalue weighted by molar-refractivity contribution is 8.00. The lowest BCUT2D eigenvalue weighted by molar-refractivity contribution is 0.479. The Bertz CT molecular complexity index is 3720. The van der Waals surface area contributed by atoms with Gasteiger partial charge in [-0.3, -0.25) is 9.11 Å². The van der Waals surface area contributed by atoms with Gasteiger partial charge in [0, 0.05) is 29.9 Å². The Balaban J connectivity index is 0.00000109. The second-order valence-corrected chi connectivity index (χ2v) is 25.5. The van der Waals surface area contributed by atoms with E-state index < -0.39 is 76.3 Å². The summed E-state index contributed by atoms with van der Waals surface area (Å²) >= 11 is 4.13. The van der Waals surface area contributed by atoms with Gasteiger partial charge in [0.25, 0.3) is 20.2 Å². The Labute approximate surface area is 426 Å². The zero-order chi connectivity index (χ0) is 52.5. The van der Waals surface area contributed by atoms with Gasteiger partial charge in [-0.2, -0.15) is 16.8 Å². The molecule has 0 radical (unpaired) electrons. The third-order valence-corrected chi connectivity index (χ3v) is 18.6. The quantitative estimate of drug-likeness (QED) is 0.0586. The van der Waals surface area contributed by atoms with Gasteiger partial charge in [0.15, 0.2) is 0 Å². The van der Waals surface area contributed by atoms with E-state index in [0.29, 0.717) is 4.90 Å². The van der Waals surface area contributed by atoms with Crippen LogP contribution in [0.5, 0.6) is 0 Å². The Hall–Kier alpha value is -5.45. The van der Waals surface area contributed by atoms with Crippen molar-refractivity contribution in [2.24, 2.45) is 0 Å². The van der Waals surface area contributed by atoms with Crippen molar-refractivity contribution in [2.75, 3.05) is 6.26 Å². The predicted molar refractivity (Wildman–Crippen MR) is 265 cm³/mol. The molecule has 0 aliphatic rings. The molecule has 16 nitrogen and oxygen atoms in total. The van der Waals surface area contributed by atoms with Crippen molar-refractivity contribution in [2.45, 2.75) is 73.1 Å². The molecule has 0 spiro atoms. The maximum absolute atomic E-state index is 13.4. The maximum atomic E-state index is 13.4. The van der Waals surface area contributed by atoms with Gasteiger partial charge in [-0.25, -0.2) is 16.8 Å². The van der Waals surface area contributed by atoms with E-state index in [2.05, 4.69) is 31.2 Å². The van der Waals surface area contributed by atoms with Gasteiger partial charge in [-0.05, 0) is 146 Å². The second-order valence-electron chi connectivity index (χ2n) is 14.8. The van der Waals surface area contributed by atoms with Crippen LogP contribution in [0.1, 0.15) is 29.2 Å². The molecule has 25 heteroatoms. The van der Waals surface area contributed by atoms with E-state index in [-0.39, 0.29) is 24.5 Å². The zero-order valence-electron chi connectivity index (χ0n) is 36.9. The summed E-state index contributed by atoms with van der Waals surface area (Å²) in [5, 5.41) is 0. The lowest BCUT2D eigenvalue weighted by atomic mass is 9.71. The van der Waals surface area contributed by atoms with Crippen LogP contribution in [0.15, 0.2) is 218 Å². The van der Waals surface area contributed by atoms with Crippen molar-refractivity contribution in [1.82, 2.24) is 0 Å². The molecule has 7 rings (SSSR count). The van der Waals surface area contributed by atoms with Gasteiger partial charge in [0.05, 0.1) is 24.5 Å². The third-order valence-electron chi connectivity index (χ3n) is 10.4. The van der Waals surface area contributed by atoms with Crippen molar-refractivity contribution < 1.29 is 68.0 Å². The highest BCUT2D eigenvalue weighted by atomic mass is 32.2. The van der Waals surface area contributed by atoms with Gasteiger partial charge in [0.1, 0.15) is 4.90 Å². The summed E-state index contributed by atoms with van der Waals surface area (Å²) < 4.78 is 172. The highest BCUT2D eigenvalue weighted by Gasteiger charge is 2.32. The topological polar surface area (TPSA) is 279 Å². The van der Waals surface area contributed by atoms with E-state index >= 15 is 0 Å². The lowest BCUT2D eigenvalue weighted by Crippen LogP contribution is -2.25. The first kappa shape index (κ1) is 56.5. The number of sulfone groups is 2. The lowest BCUT2D eigenvalue weighted by Gasteiger charge is -2.32. The molecule has 0 bridgehead atoms. The van der Waals surface area contributed by atoms with Crippen LogP contribution >= 0.6 is 35.3 Å². The maximum Gasteiger partial charge on any atom is 0.425 e. The van der Waals surface area contributed by atoms with Crippen LogP contribution < -0.4 is 0 Å². The van der Waals surface area contributed by atoms with Gasteiger partial charge in [-0.15, -0.1) is 37.0 Å². The average Bonchev–Trinajstić information content (AvgIpc) is 3.31. The third kappa shape index (κ3) is 14.6. The fourth-order valence-corrected chi connectivity index (χ4v) is 13.2. The van der Waals surface area contributed by atoms with Crippen LogP contribution in [0.4, 0.5) is 0 Å². The first-order chi connectivity index (χ1) is 33.2. The molecular weight excluding hydrogens is 1100 g/mol. The van der Waals surface area contributed by atoms with Gasteiger partial charge < -0.3 is 0 Å². The van der Waals surface area contributed by atoms with Crippen molar-refractivity contribution in [3.8, 4) is 0 Å².